The quantitative estimate of drug-likeness (QED) is 0.786. The molecule has 0 aliphatic heterocycles. The maximum Gasteiger partial charge on any atom is 0.234 e. The Bertz CT molecular complexity index is 362. The van der Waals surface area contributed by atoms with Crippen LogP contribution >= 0.6 is 11.3 Å². The highest BCUT2D eigenvalue weighted by Crippen LogP contribution is 2.10. The molecule has 0 radical (unpaired) electrons. The number of rotatable bonds is 3. The molecule has 1 N–H and O–H groups in total. The first-order valence-corrected chi connectivity index (χ1v) is 4.96. The lowest BCUT2D eigenvalue weighted by Crippen LogP contribution is -2.21. The van der Waals surface area contributed by atoms with Gasteiger partial charge in [-0.25, -0.2) is 0 Å². The Labute approximate surface area is 79.8 Å². The fraction of sp³-hybridized carbons (Fsp3) is 0.571. The molecule has 0 amide bonds. The number of hydrogen-bond acceptors (Lipinski definition) is 5. The normalized spacial score (nSPS) is 11.6. The second-order valence-electron chi connectivity index (χ2n) is 3.09. The summed E-state index contributed by atoms with van der Waals surface area (Å²) in [6.45, 7) is 5.02. The Balaban J connectivity index is 2.11. The highest BCUT2D eigenvalue weighted by molar-refractivity contribution is 7.16. The lowest BCUT2D eigenvalue weighted by Gasteiger charge is -2.03. The zero-order chi connectivity index (χ0) is 9.26. The summed E-state index contributed by atoms with van der Waals surface area (Å²) in [5.41, 5.74) is 0. The van der Waals surface area contributed by atoms with E-state index in [1.165, 1.54) is 0 Å². The Kier molecular flexibility index (Phi) is 2.24. The van der Waals surface area contributed by atoms with Crippen LogP contribution in [-0.2, 0) is 6.54 Å². The van der Waals surface area contributed by atoms with Gasteiger partial charge >= 0.3 is 0 Å². The molecule has 2 rings (SSSR count). The first-order chi connectivity index (χ1) is 6.25. The maximum atomic E-state index is 4.29. The highest BCUT2D eigenvalue weighted by Gasteiger charge is 2.04. The Hall–Kier alpha value is -1.01. The van der Waals surface area contributed by atoms with Gasteiger partial charge in [-0.05, 0) is 0 Å². The molecule has 70 valence electrons. The van der Waals surface area contributed by atoms with Crippen LogP contribution in [0, 0.1) is 0 Å². The van der Waals surface area contributed by atoms with Crippen LogP contribution in [0.25, 0.3) is 4.96 Å². The van der Waals surface area contributed by atoms with Gasteiger partial charge in [0.25, 0.3) is 0 Å². The number of nitrogens with zero attached hydrogens (tertiary/aromatic N) is 4. The largest absolute Gasteiger partial charge is 0.308 e. The summed E-state index contributed by atoms with van der Waals surface area (Å²) in [7, 11) is 0. The second kappa shape index (κ2) is 3.39. The summed E-state index contributed by atoms with van der Waals surface area (Å²) in [6.07, 6.45) is 1.62. The third kappa shape index (κ3) is 1.84. The third-order valence-electron chi connectivity index (χ3n) is 1.59. The van der Waals surface area contributed by atoms with Crippen LogP contribution in [0.1, 0.15) is 18.9 Å². The van der Waals surface area contributed by atoms with Gasteiger partial charge in [-0.15, -0.1) is 10.2 Å². The molecule has 0 bridgehead atoms. The molecule has 0 aliphatic carbocycles. The van der Waals surface area contributed by atoms with Crippen LogP contribution in [0.4, 0.5) is 0 Å². The van der Waals surface area contributed by atoms with Gasteiger partial charge in [0, 0.05) is 12.6 Å². The van der Waals surface area contributed by atoms with Crippen molar-refractivity contribution in [3.63, 3.8) is 0 Å². The summed E-state index contributed by atoms with van der Waals surface area (Å²) in [5.74, 6) is 0. The molecular formula is C7H11N5S. The minimum absolute atomic E-state index is 0.481. The standard InChI is InChI=1S/C7H11N5S/c1-5(2)8-3-6-11-12-4-9-10-7(12)13-6/h4-5,8H,3H2,1-2H3. The van der Waals surface area contributed by atoms with E-state index in [4.69, 9.17) is 0 Å². The van der Waals surface area contributed by atoms with E-state index in [0.29, 0.717) is 6.04 Å². The Morgan fingerprint density at radius 3 is 3.15 bits per heavy atom. The maximum absolute atomic E-state index is 4.29. The van der Waals surface area contributed by atoms with Gasteiger partial charge in [-0.1, -0.05) is 25.2 Å². The van der Waals surface area contributed by atoms with Gasteiger partial charge in [0.15, 0.2) is 0 Å². The van der Waals surface area contributed by atoms with E-state index in [1.54, 1.807) is 22.2 Å². The average Bonchev–Trinajstić information content (AvgIpc) is 2.58. The summed E-state index contributed by atoms with van der Waals surface area (Å²) >= 11 is 1.56. The molecule has 0 unspecified atom stereocenters. The average molecular weight is 197 g/mol. The molecule has 0 saturated heterocycles. The Morgan fingerprint density at radius 1 is 1.62 bits per heavy atom. The first-order valence-electron chi connectivity index (χ1n) is 4.15. The molecule has 0 saturated carbocycles. The van der Waals surface area contributed by atoms with Crippen molar-refractivity contribution in [3.8, 4) is 0 Å². The fourth-order valence-electron chi connectivity index (χ4n) is 0.964. The van der Waals surface area contributed by atoms with Crippen molar-refractivity contribution in [1.82, 2.24) is 25.1 Å². The minimum atomic E-state index is 0.481. The molecule has 2 aromatic heterocycles. The van der Waals surface area contributed by atoms with Crippen LogP contribution < -0.4 is 5.32 Å². The second-order valence-corrected chi connectivity index (χ2v) is 4.13. The monoisotopic (exact) mass is 197 g/mol. The van der Waals surface area contributed by atoms with Crippen LogP contribution in [0.15, 0.2) is 6.33 Å². The number of fused-ring (bicyclic) bond motifs is 1. The number of aromatic nitrogens is 4. The zero-order valence-corrected chi connectivity index (χ0v) is 8.38. The van der Waals surface area contributed by atoms with Crippen molar-refractivity contribution in [3.05, 3.63) is 11.3 Å². The van der Waals surface area contributed by atoms with E-state index in [2.05, 4.69) is 34.5 Å². The molecule has 0 fully saturated rings. The van der Waals surface area contributed by atoms with Gasteiger partial charge in [0.1, 0.15) is 11.3 Å². The first kappa shape index (κ1) is 8.58. The summed E-state index contributed by atoms with van der Waals surface area (Å²) < 4.78 is 1.70. The molecule has 0 aromatic carbocycles. The molecule has 2 aromatic rings. The predicted molar refractivity (Wildman–Crippen MR) is 50.6 cm³/mol. The smallest absolute Gasteiger partial charge is 0.234 e. The van der Waals surface area contributed by atoms with E-state index < -0.39 is 0 Å². The van der Waals surface area contributed by atoms with Gasteiger partial charge in [0.05, 0.1) is 0 Å². The third-order valence-corrected chi connectivity index (χ3v) is 2.50. The molecule has 6 heteroatoms. The molecule has 5 nitrogen and oxygen atoms in total. The van der Waals surface area contributed by atoms with E-state index in [9.17, 15) is 0 Å². The molecule has 13 heavy (non-hydrogen) atoms. The number of nitrogens with one attached hydrogen (secondary N) is 1. The summed E-state index contributed by atoms with van der Waals surface area (Å²) in [6, 6.07) is 0.481. The van der Waals surface area contributed by atoms with Gasteiger partial charge in [-0.3, -0.25) is 0 Å². The SMILES string of the molecule is CC(C)NCc1nn2cnnc2s1. The van der Waals surface area contributed by atoms with Crippen LogP contribution in [0.2, 0.25) is 0 Å². The minimum Gasteiger partial charge on any atom is -0.308 e. The van der Waals surface area contributed by atoms with Crippen LogP contribution in [0.5, 0.6) is 0 Å². The van der Waals surface area contributed by atoms with Gasteiger partial charge in [0.2, 0.25) is 4.96 Å². The van der Waals surface area contributed by atoms with Crippen molar-refractivity contribution < 1.29 is 0 Å². The van der Waals surface area contributed by atoms with Crippen molar-refractivity contribution in [1.29, 1.82) is 0 Å². The van der Waals surface area contributed by atoms with E-state index in [1.807, 2.05) is 0 Å². The molecule has 0 spiro atoms. The summed E-state index contributed by atoms with van der Waals surface area (Å²) in [4.78, 5) is 0.848. The highest BCUT2D eigenvalue weighted by atomic mass is 32.1. The van der Waals surface area contributed by atoms with E-state index in [-0.39, 0.29) is 0 Å². The molecule has 0 aliphatic rings. The van der Waals surface area contributed by atoms with E-state index >= 15 is 0 Å². The van der Waals surface area contributed by atoms with Crippen molar-refractivity contribution in [2.75, 3.05) is 0 Å². The lowest BCUT2D eigenvalue weighted by atomic mass is 10.4. The zero-order valence-electron chi connectivity index (χ0n) is 7.56. The Morgan fingerprint density at radius 2 is 2.46 bits per heavy atom. The molecular weight excluding hydrogens is 186 g/mol. The van der Waals surface area contributed by atoms with Gasteiger partial charge in [-0.2, -0.15) is 9.61 Å². The molecule has 0 atom stereocenters. The molecule has 2 heterocycles. The number of hydrogen-bond donors (Lipinski definition) is 1. The summed E-state index contributed by atoms with van der Waals surface area (Å²) in [5, 5.41) is 16.3. The van der Waals surface area contributed by atoms with Crippen molar-refractivity contribution >= 4 is 16.3 Å². The van der Waals surface area contributed by atoms with E-state index in [0.717, 1.165) is 16.5 Å². The van der Waals surface area contributed by atoms with Crippen molar-refractivity contribution in [2.24, 2.45) is 0 Å². The van der Waals surface area contributed by atoms with Crippen LogP contribution in [-0.4, -0.2) is 25.9 Å². The van der Waals surface area contributed by atoms with Crippen LogP contribution in [0.3, 0.4) is 0 Å². The van der Waals surface area contributed by atoms with Crippen molar-refractivity contribution in [2.45, 2.75) is 26.4 Å². The topological polar surface area (TPSA) is 55.1 Å². The lowest BCUT2D eigenvalue weighted by molar-refractivity contribution is 0.583. The predicted octanol–water partition coefficient (Wildman–Crippen LogP) is 0.684. The fourth-order valence-corrected chi connectivity index (χ4v) is 1.73. The van der Waals surface area contributed by atoms with Gasteiger partial charge < -0.3 is 5.32 Å².